The summed E-state index contributed by atoms with van der Waals surface area (Å²) in [6.07, 6.45) is 1.96. The molecule has 27 heavy (non-hydrogen) atoms. The van der Waals surface area contributed by atoms with Crippen molar-refractivity contribution in [2.75, 3.05) is 31.5 Å². The van der Waals surface area contributed by atoms with E-state index in [0.717, 1.165) is 24.3 Å². The first kappa shape index (κ1) is 20.8. The Morgan fingerprint density at radius 3 is 2.44 bits per heavy atom. The summed E-state index contributed by atoms with van der Waals surface area (Å²) in [4.78, 5) is 26.4. The van der Waals surface area contributed by atoms with Crippen LogP contribution in [0.5, 0.6) is 0 Å². The van der Waals surface area contributed by atoms with Gasteiger partial charge in [0.2, 0.25) is 0 Å². The van der Waals surface area contributed by atoms with Gasteiger partial charge in [-0.1, -0.05) is 18.7 Å². The number of piperazine rings is 1. The number of anilines is 1. The molecule has 0 aliphatic carbocycles. The van der Waals surface area contributed by atoms with Gasteiger partial charge in [-0.15, -0.1) is 0 Å². The molecular formula is C20H30N4O3. The first-order valence-electron chi connectivity index (χ1n) is 9.24. The largest absolute Gasteiger partial charge is 0.458 e. The number of nitrogens with one attached hydrogen (secondary N) is 3. The zero-order valence-corrected chi connectivity index (χ0v) is 16.4. The van der Waals surface area contributed by atoms with E-state index in [9.17, 15) is 9.59 Å². The van der Waals surface area contributed by atoms with E-state index < -0.39 is 11.6 Å². The number of urea groups is 1. The molecule has 1 atom stereocenters. The molecule has 1 heterocycles. The number of benzene rings is 1. The average Bonchev–Trinajstić information content (AvgIpc) is 2.62. The van der Waals surface area contributed by atoms with Crippen molar-refractivity contribution in [1.82, 2.24) is 15.5 Å². The van der Waals surface area contributed by atoms with Crippen molar-refractivity contribution >= 4 is 17.7 Å². The second kappa shape index (κ2) is 9.41. The smallest absolute Gasteiger partial charge is 0.329 e. The highest BCUT2D eigenvalue weighted by Gasteiger charge is 2.24. The maximum absolute atomic E-state index is 12.3. The van der Waals surface area contributed by atoms with E-state index >= 15 is 0 Å². The molecule has 1 aromatic carbocycles. The van der Waals surface area contributed by atoms with Gasteiger partial charge in [-0.05, 0) is 44.7 Å². The molecule has 1 aliphatic rings. The van der Waals surface area contributed by atoms with Crippen LogP contribution in [0.2, 0.25) is 0 Å². The van der Waals surface area contributed by atoms with E-state index in [1.807, 2.05) is 45.0 Å². The third-order valence-electron chi connectivity index (χ3n) is 4.06. The van der Waals surface area contributed by atoms with Crippen molar-refractivity contribution in [2.24, 2.45) is 0 Å². The van der Waals surface area contributed by atoms with Gasteiger partial charge in [0.05, 0.1) is 0 Å². The Labute approximate surface area is 161 Å². The number of nitrogens with zero attached hydrogens (tertiary/aromatic N) is 1. The molecule has 0 unspecified atom stereocenters. The maximum atomic E-state index is 12.3. The molecule has 148 valence electrons. The minimum absolute atomic E-state index is 0.0933. The Hall–Kier alpha value is -2.54. The number of amides is 2. The normalized spacial score (nSPS) is 15.6. The van der Waals surface area contributed by atoms with Crippen molar-refractivity contribution in [1.29, 1.82) is 0 Å². The summed E-state index contributed by atoms with van der Waals surface area (Å²) in [5.74, 6) is -0.321. The first-order chi connectivity index (χ1) is 12.8. The van der Waals surface area contributed by atoms with Crippen LogP contribution in [0.25, 0.3) is 0 Å². The highest BCUT2D eigenvalue weighted by Crippen LogP contribution is 2.15. The Morgan fingerprint density at radius 2 is 1.89 bits per heavy atom. The highest BCUT2D eigenvalue weighted by atomic mass is 16.6. The Kier molecular flexibility index (Phi) is 7.24. The summed E-state index contributed by atoms with van der Waals surface area (Å²) in [5, 5.41) is 9.08. The molecule has 2 amide bonds. The van der Waals surface area contributed by atoms with Crippen molar-refractivity contribution in [3.05, 3.63) is 42.6 Å². The number of esters is 1. The first-order valence-corrected chi connectivity index (χ1v) is 9.24. The number of hydrogen-bond acceptors (Lipinski definition) is 5. The fourth-order valence-corrected chi connectivity index (χ4v) is 2.76. The second-order valence-electron chi connectivity index (χ2n) is 7.53. The molecule has 1 aromatic rings. The molecule has 7 heteroatoms. The summed E-state index contributed by atoms with van der Waals surface area (Å²) < 4.78 is 5.45. The minimum Gasteiger partial charge on any atom is -0.458 e. The quantitative estimate of drug-likeness (QED) is 0.665. The molecule has 0 radical (unpaired) electrons. The second-order valence-corrected chi connectivity index (χ2v) is 7.53. The Balaban J connectivity index is 1.95. The number of hydrogen-bond donors (Lipinski definition) is 3. The molecule has 3 N–H and O–H groups in total. The predicted molar refractivity (Wildman–Crippen MR) is 107 cm³/mol. The number of carbonyl (C=O) groups is 2. The van der Waals surface area contributed by atoms with Crippen LogP contribution in [0.15, 0.2) is 37.0 Å². The predicted octanol–water partition coefficient (Wildman–Crippen LogP) is 2.11. The Bertz CT molecular complexity index is 646. The molecule has 0 saturated carbocycles. The number of ether oxygens (including phenoxy) is 1. The molecule has 0 aromatic heterocycles. The summed E-state index contributed by atoms with van der Waals surface area (Å²) in [6, 6.07) is 6.88. The van der Waals surface area contributed by atoms with Gasteiger partial charge in [0, 0.05) is 38.3 Å². The lowest BCUT2D eigenvalue weighted by atomic mass is 10.1. The van der Waals surface area contributed by atoms with Gasteiger partial charge >= 0.3 is 12.0 Å². The van der Waals surface area contributed by atoms with E-state index in [1.165, 1.54) is 6.20 Å². The van der Waals surface area contributed by atoms with Gasteiger partial charge in [-0.25, -0.2) is 9.59 Å². The minimum atomic E-state index is -0.545. The van der Waals surface area contributed by atoms with Gasteiger partial charge in [-0.2, -0.15) is 0 Å². The lowest BCUT2D eigenvalue weighted by Gasteiger charge is -2.27. The lowest BCUT2D eigenvalue weighted by Crippen LogP contribution is -2.48. The maximum Gasteiger partial charge on any atom is 0.329 e. The van der Waals surface area contributed by atoms with Crippen LogP contribution in [0.1, 0.15) is 26.3 Å². The topological polar surface area (TPSA) is 82.7 Å². The molecule has 7 nitrogen and oxygen atoms in total. The zero-order chi connectivity index (χ0) is 19.9. The third-order valence-corrected chi connectivity index (χ3v) is 4.06. The summed E-state index contributed by atoms with van der Waals surface area (Å²) in [5.41, 5.74) is 1.14. The lowest BCUT2D eigenvalue weighted by molar-refractivity contribution is -0.157. The van der Waals surface area contributed by atoms with Crippen LogP contribution >= 0.6 is 0 Å². The van der Waals surface area contributed by atoms with E-state index in [0.29, 0.717) is 19.5 Å². The summed E-state index contributed by atoms with van der Waals surface area (Å²) >= 11 is 0. The van der Waals surface area contributed by atoms with E-state index in [4.69, 9.17) is 4.74 Å². The van der Waals surface area contributed by atoms with Gasteiger partial charge in [0.15, 0.2) is 0 Å². The van der Waals surface area contributed by atoms with Gasteiger partial charge < -0.3 is 25.6 Å². The van der Waals surface area contributed by atoms with Crippen LogP contribution in [-0.4, -0.2) is 54.7 Å². The third kappa shape index (κ3) is 6.94. The SMILES string of the molecule is C=CN[C@@H](Cc1ccc(NC(=O)N2CCNCC2)cc1)C(=O)OC(C)(C)C. The fourth-order valence-electron chi connectivity index (χ4n) is 2.76. The average molecular weight is 374 g/mol. The van der Waals surface area contributed by atoms with Crippen molar-refractivity contribution in [3.8, 4) is 0 Å². The van der Waals surface area contributed by atoms with Crippen LogP contribution < -0.4 is 16.0 Å². The number of carbonyl (C=O) groups excluding carboxylic acids is 2. The molecule has 1 fully saturated rings. The molecule has 1 aliphatic heterocycles. The van der Waals surface area contributed by atoms with Gasteiger partial charge in [-0.3, -0.25) is 0 Å². The van der Waals surface area contributed by atoms with Crippen LogP contribution in [-0.2, 0) is 16.0 Å². The molecular weight excluding hydrogens is 344 g/mol. The van der Waals surface area contributed by atoms with E-state index in [2.05, 4.69) is 22.5 Å². The van der Waals surface area contributed by atoms with Crippen LogP contribution in [0.3, 0.4) is 0 Å². The van der Waals surface area contributed by atoms with Gasteiger partial charge in [0.25, 0.3) is 0 Å². The number of rotatable bonds is 6. The molecule has 0 bridgehead atoms. The van der Waals surface area contributed by atoms with Crippen molar-refractivity contribution in [2.45, 2.75) is 38.8 Å². The van der Waals surface area contributed by atoms with Crippen LogP contribution in [0, 0.1) is 0 Å². The summed E-state index contributed by atoms with van der Waals surface area (Å²) in [7, 11) is 0. The highest BCUT2D eigenvalue weighted by molar-refractivity contribution is 5.89. The van der Waals surface area contributed by atoms with Crippen LogP contribution in [0.4, 0.5) is 10.5 Å². The standard InChI is InChI=1S/C20H30N4O3/c1-5-22-17(18(25)27-20(2,3)4)14-15-6-8-16(9-7-15)23-19(26)24-12-10-21-11-13-24/h5-9,17,21-22H,1,10-14H2,2-4H3,(H,23,26)/t17-/m0/s1. The fraction of sp³-hybridized carbons (Fsp3) is 0.500. The van der Waals surface area contributed by atoms with Gasteiger partial charge in [0.1, 0.15) is 11.6 Å². The molecule has 2 rings (SSSR count). The van der Waals surface area contributed by atoms with E-state index in [1.54, 1.807) is 4.90 Å². The Morgan fingerprint density at radius 1 is 1.26 bits per heavy atom. The van der Waals surface area contributed by atoms with Crippen molar-refractivity contribution in [3.63, 3.8) is 0 Å². The van der Waals surface area contributed by atoms with Crippen molar-refractivity contribution < 1.29 is 14.3 Å². The van der Waals surface area contributed by atoms with E-state index in [-0.39, 0.29) is 12.0 Å². The summed E-state index contributed by atoms with van der Waals surface area (Å²) in [6.45, 7) is 12.2. The zero-order valence-electron chi connectivity index (χ0n) is 16.4. The molecule has 0 spiro atoms. The monoisotopic (exact) mass is 374 g/mol. The molecule has 1 saturated heterocycles.